The lowest BCUT2D eigenvalue weighted by atomic mass is 9.90. The zero-order valence-electron chi connectivity index (χ0n) is 16.7. The predicted molar refractivity (Wildman–Crippen MR) is 123 cm³/mol. The Bertz CT molecular complexity index is 908. The molecule has 0 saturated carbocycles. The first-order chi connectivity index (χ1) is 14.7. The Hall–Kier alpha value is -3.22. The van der Waals surface area contributed by atoms with Crippen LogP contribution in [0.25, 0.3) is 0 Å². The van der Waals surface area contributed by atoms with Crippen LogP contribution in [0.5, 0.6) is 5.75 Å². The first-order valence-electron chi connectivity index (χ1n) is 9.61. The summed E-state index contributed by atoms with van der Waals surface area (Å²) in [5.74, 6) is 0.0916. The molecule has 3 aromatic rings. The van der Waals surface area contributed by atoms with Gasteiger partial charge in [-0.05, 0) is 47.6 Å². The quantitative estimate of drug-likeness (QED) is 0.419. The van der Waals surface area contributed by atoms with Gasteiger partial charge in [-0.1, -0.05) is 60.7 Å². The highest BCUT2D eigenvalue weighted by atomic mass is 32.1. The van der Waals surface area contributed by atoms with Crippen molar-refractivity contribution in [3.05, 3.63) is 96.1 Å². The summed E-state index contributed by atoms with van der Waals surface area (Å²) in [6.07, 6.45) is 0. The van der Waals surface area contributed by atoms with E-state index in [4.69, 9.17) is 21.7 Å². The molecule has 0 heterocycles. The minimum atomic E-state index is -0.455. The highest BCUT2D eigenvalue weighted by Gasteiger charge is 2.23. The van der Waals surface area contributed by atoms with Crippen LogP contribution in [0.4, 0.5) is 5.69 Å². The van der Waals surface area contributed by atoms with Crippen LogP contribution in [0.2, 0.25) is 0 Å². The summed E-state index contributed by atoms with van der Waals surface area (Å²) in [5, 5.41) is 6.10. The predicted octanol–water partition coefficient (Wildman–Crippen LogP) is 4.36. The van der Waals surface area contributed by atoms with E-state index in [0.29, 0.717) is 13.2 Å². The highest BCUT2D eigenvalue weighted by molar-refractivity contribution is 7.80. The number of rotatable bonds is 8. The van der Waals surface area contributed by atoms with Crippen molar-refractivity contribution in [2.24, 2.45) is 0 Å². The number of carbonyl (C=O) groups excluding carboxylic acids is 1. The second-order valence-electron chi connectivity index (χ2n) is 6.56. The van der Waals surface area contributed by atoms with E-state index in [1.54, 1.807) is 7.11 Å². The Morgan fingerprint density at radius 1 is 0.867 bits per heavy atom. The molecular weight excluding hydrogens is 396 g/mol. The molecule has 0 aliphatic rings. The SMILES string of the molecule is COCCOc1ccc(NC(=S)NC(=O)C(c2ccccc2)c2ccccc2)cc1. The van der Waals surface area contributed by atoms with Gasteiger partial charge in [0.15, 0.2) is 5.11 Å². The van der Waals surface area contributed by atoms with Crippen LogP contribution < -0.4 is 15.4 Å². The molecule has 5 nitrogen and oxygen atoms in total. The molecule has 6 heteroatoms. The molecule has 0 aromatic heterocycles. The number of hydrogen-bond acceptors (Lipinski definition) is 4. The van der Waals surface area contributed by atoms with Gasteiger partial charge in [0.1, 0.15) is 12.4 Å². The zero-order valence-corrected chi connectivity index (χ0v) is 17.5. The van der Waals surface area contributed by atoms with E-state index < -0.39 is 5.92 Å². The van der Waals surface area contributed by atoms with Gasteiger partial charge < -0.3 is 20.1 Å². The molecule has 0 saturated heterocycles. The van der Waals surface area contributed by atoms with Gasteiger partial charge in [0.2, 0.25) is 5.91 Å². The molecule has 0 bridgehead atoms. The topological polar surface area (TPSA) is 59.6 Å². The van der Waals surface area contributed by atoms with Crippen LogP contribution in [-0.4, -0.2) is 31.3 Å². The number of ether oxygens (including phenoxy) is 2. The van der Waals surface area contributed by atoms with Crippen molar-refractivity contribution in [1.82, 2.24) is 5.32 Å². The van der Waals surface area contributed by atoms with Gasteiger partial charge in [-0.2, -0.15) is 0 Å². The van der Waals surface area contributed by atoms with Gasteiger partial charge in [0.25, 0.3) is 0 Å². The second-order valence-corrected chi connectivity index (χ2v) is 6.97. The third-order valence-corrected chi connectivity index (χ3v) is 4.64. The van der Waals surface area contributed by atoms with Crippen molar-refractivity contribution in [1.29, 1.82) is 0 Å². The number of methoxy groups -OCH3 is 1. The summed E-state index contributed by atoms with van der Waals surface area (Å²) >= 11 is 5.36. The monoisotopic (exact) mass is 420 g/mol. The maximum absolute atomic E-state index is 13.1. The lowest BCUT2D eigenvalue weighted by Crippen LogP contribution is -2.37. The number of hydrogen-bond donors (Lipinski definition) is 2. The van der Waals surface area contributed by atoms with Crippen molar-refractivity contribution in [3.8, 4) is 5.75 Å². The molecule has 2 N–H and O–H groups in total. The van der Waals surface area contributed by atoms with E-state index in [1.165, 1.54) is 0 Å². The second kappa shape index (κ2) is 11.1. The molecule has 30 heavy (non-hydrogen) atoms. The number of amides is 1. The number of carbonyl (C=O) groups is 1. The summed E-state index contributed by atoms with van der Waals surface area (Å²) in [4.78, 5) is 13.1. The fourth-order valence-electron chi connectivity index (χ4n) is 3.01. The number of benzene rings is 3. The van der Waals surface area contributed by atoms with Gasteiger partial charge in [-0.25, -0.2) is 0 Å². The van der Waals surface area contributed by atoms with Gasteiger partial charge in [-0.15, -0.1) is 0 Å². The van der Waals surface area contributed by atoms with Gasteiger partial charge in [-0.3, -0.25) is 4.79 Å². The minimum absolute atomic E-state index is 0.190. The fraction of sp³-hybridized carbons (Fsp3) is 0.167. The number of thiocarbonyl (C=S) groups is 1. The average Bonchev–Trinajstić information content (AvgIpc) is 2.77. The van der Waals surface area contributed by atoms with Crippen molar-refractivity contribution in [3.63, 3.8) is 0 Å². The van der Waals surface area contributed by atoms with Crippen molar-refractivity contribution in [2.75, 3.05) is 25.6 Å². The average molecular weight is 421 g/mol. The first kappa shape index (κ1) is 21.5. The summed E-state index contributed by atoms with van der Waals surface area (Å²) in [6.45, 7) is 1.01. The summed E-state index contributed by atoms with van der Waals surface area (Å²) in [5.41, 5.74) is 2.57. The lowest BCUT2D eigenvalue weighted by molar-refractivity contribution is -0.120. The third kappa shape index (κ3) is 6.14. The molecule has 0 unspecified atom stereocenters. The molecule has 0 atom stereocenters. The van der Waals surface area contributed by atoms with Crippen LogP contribution >= 0.6 is 12.2 Å². The molecule has 3 rings (SSSR count). The molecule has 0 aliphatic carbocycles. The van der Waals surface area contributed by atoms with Crippen molar-refractivity contribution in [2.45, 2.75) is 5.92 Å². The van der Waals surface area contributed by atoms with Crippen LogP contribution in [0.15, 0.2) is 84.9 Å². The van der Waals surface area contributed by atoms with Crippen molar-refractivity contribution >= 4 is 28.9 Å². The first-order valence-corrected chi connectivity index (χ1v) is 10.0. The zero-order chi connectivity index (χ0) is 21.2. The Labute approximate surface area is 182 Å². The van der Waals surface area contributed by atoms with E-state index in [9.17, 15) is 4.79 Å². The van der Waals surface area contributed by atoms with E-state index in [-0.39, 0.29) is 11.0 Å². The van der Waals surface area contributed by atoms with E-state index in [1.807, 2.05) is 84.9 Å². The molecule has 1 amide bonds. The van der Waals surface area contributed by atoms with E-state index in [0.717, 1.165) is 22.6 Å². The highest BCUT2D eigenvalue weighted by Crippen LogP contribution is 2.25. The largest absolute Gasteiger partial charge is 0.491 e. The number of anilines is 1. The third-order valence-electron chi connectivity index (χ3n) is 4.43. The molecule has 0 radical (unpaired) electrons. The Kier molecular flexibility index (Phi) is 7.94. The van der Waals surface area contributed by atoms with Crippen LogP contribution in [0.3, 0.4) is 0 Å². The smallest absolute Gasteiger partial charge is 0.238 e. The standard InChI is InChI=1S/C24H24N2O3S/c1-28-16-17-29-21-14-12-20(13-15-21)25-24(30)26-23(27)22(18-8-4-2-5-9-18)19-10-6-3-7-11-19/h2-15,22H,16-17H2,1H3,(H2,25,26,27,30). The fourth-order valence-corrected chi connectivity index (χ4v) is 3.23. The molecule has 3 aromatic carbocycles. The summed E-state index contributed by atoms with van der Waals surface area (Å²) in [6, 6.07) is 26.7. The van der Waals surface area contributed by atoms with Crippen molar-refractivity contribution < 1.29 is 14.3 Å². The van der Waals surface area contributed by atoms with Gasteiger partial charge in [0, 0.05) is 12.8 Å². The van der Waals surface area contributed by atoms with Crippen LogP contribution in [0, 0.1) is 0 Å². The molecule has 0 fully saturated rings. The number of nitrogens with one attached hydrogen (secondary N) is 2. The van der Waals surface area contributed by atoms with E-state index in [2.05, 4.69) is 10.6 Å². The van der Waals surface area contributed by atoms with E-state index >= 15 is 0 Å². The van der Waals surface area contributed by atoms with Crippen LogP contribution in [-0.2, 0) is 9.53 Å². The molecule has 154 valence electrons. The Morgan fingerprint density at radius 3 is 1.97 bits per heavy atom. The summed E-state index contributed by atoms with van der Waals surface area (Å²) < 4.78 is 10.5. The maximum atomic E-state index is 13.1. The normalized spacial score (nSPS) is 10.5. The molecule has 0 spiro atoms. The Morgan fingerprint density at radius 2 is 1.43 bits per heavy atom. The van der Waals surface area contributed by atoms with Gasteiger partial charge >= 0.3 is 0 Å². The minimum Gasteiger partial charge on any atom is -0.491 e. The van der Waals surface area contributed by atoms with Crippen LogP contribution in [0.1, 0.15) is 17.0 Å². The molecule has 0 aliphatic heterocycles. The lowest BCUT2D eigenvalue weighted by Gasteiger charge is -2.18. The summed E-state index contributed by atoms with van der Waals surface area (Å²) in [7, 11) is 1.63. The maximum Gasteiger partial charge on any atom is 0.238 e. The van der Waals surface area contributed by atoms with Gasteiger partial charge in [0.05, 0.1) is 12.5 Å². The molecular formula is C24H24N2O3S. The Balaban J connectivity index is 1.65.